The Morgan fingerprint density at radius 3 is 2.47 bits per heavy atom. The van der Waals surface area contributed by atoms with Gasteiger partial charge in [0.25, 0.3) is 0 Å². The maximum absolute atomic E-state index is 12.5. The number of nitrogens with zero attached hydrogens (tertiary/aromatic N) is 1. The highest BCUT2D eigenvalue weighted by Gasteiger charge is 2.40. The summed E-state index contributed by atoms with van der Waals surface area (Å²) in [6.45, 7) is 1.54. The maximum atomic E-state index is 12.5. The van der Waals surface area contributed by atoms with Crippen molar-refractivity contribution in [3.05, 3.63) is 35.4 Å². The number of carbonyl (C=O) groups is 1. The molecule has 0 bridgehead atoms. The maximum Gasteiger partial charge on any atom is 0.242 e. The molecule has 104 valence electrons. The van der Waals surface area contributed by atoms with E-state index in [4.69, 9.17) is 5.73 Å². The van der Waals surface area contributed by atoms with E-state index in [1.54, 1.807) is 0 Å². The molecule has 1 aromatic rings. The lowest BCUT2D eigenvalue weighted by Crippen LogP contribution is -2.54. The van der Waals surface area contributed by atoms with E-state index >= 15 is 0 Å². The molecule has 1 fully saturated rings. The Bertz CT molecular complexity index is 469. The van der Waals surface area contributed by atoms with Crippen molar-refractivity contribution in [2.24, 2.45) is 5.73 Å². The molecule has 1 heterocycles. The first-order chi connectivity index (χ1) is 8.69. The van der Waals surface area contributed by atoms with Crippen LogP contribution in [0.3, 0.4) is 0 Å². The Balaban J connectivity index is 0.00000133. The Hall–Kier alpha value is -1.06. The third-order valence-corrected chi connectivity index (χ3v) is 4.34. The first-order valence-corrected chi connectivity index (χ1v) is 6.84. The van der Waals surface area contributed by atoms with E-state index < -0.39 is 5.54 Å². The van der Waals surface area contributed by atoms with Crippen LogP contribution in [0.2, 0.25) is 0 Å². The first-order valence-electron chi connectivity index (χ1n) is 6.84. The molecule has 0 saturated heterocycles. The third-order valence-electron chi connectivity index (χ3n) is 4.34. The summed E-state index contributed by atoms with van der Waals surface area (Å²) in [4.78, 5) is 14.5. The van der Waals surface area contributed by atoms with Crippen molar-refractivity contribution < 1.29 is 4.79 Å². The van der Waals surface area contributed by atoms with Gasteiger partial charge in [0.15, 0.2) is 0 Å². The van der Waals surface area contributed by atoms with E-state index in [-0.39, 0.29) is 18.3 Å². The highest BCUT2D eigenvalue weighted by molar-refractivity contribution is 5.86. The fourth-order valence-electron chi connectivity index (χ4n) is 3.20. The molecule has 4 heteroatoms. The number of halogens is 1. The summed E-state index contributed by atoms with van der Waals surface area (Å²) in [5.74, 6) is 0.162. The fraction of sp³-hybridized carbons (Fsp3) is 0.533. The number of hydrogen-bond acceptors (Lipinski definition) is 2. The number of rotatable bonds is 1. The lowest BCUT2D eigenvalue weighted by Gasteiger charge is -2.35. The van der Waals surface area contributed by atoms with Gasteiger partial charge in [0.05, 0.1) is 5.54 Å². The lowest BCUT2D eigenvalue weighted by molar-refractivity contribution is -0.137. The molecule has 0 unspecified atom stereocenters. The van der Waals surface area contributed by atoms with Crippen molar-refractivity contribution in [2.75, 3.05) is 6.54 Å². The van der Waals surface area contributed by atoms with Crippen LogP contribution in [0, 0.1) is 0 Å². The number of hydrogen-bond donors (Lipinski definition) is 1. The number of benzene rings is 1. The SMILES string of the molecule is Cl.NC1(C(=O)N2CCc3ccccc3C2)CCCC1. The molecule has 0 radical (unpaired) electrons. The average molecular weight is 281 g/mol. The van der Waals surface area contributed by atoms with Crippen LogP contribution < -0.4 is 5.73 Å². The highest BCUT2D eigenvalue weighted by Crippen LogP contribution is 2.30. The molecule has 2 N–H and O–H groups in total. The molecule has 0 aromatic heterocycles. The normalized spacial score (nSPS) is 20.6. The standard InChI is InChI=1S/C15H20N2O.ClH/c16-15(8-3-4-9-15)14(18)17-10-7-12-5-1-2-6-13(12)11-17;/h1-2,5-6H,3-4,7-11,16H2;1H. The van der Waals surface area contributed by atoms with Crippen LogP contribution in [0.1, 0.15) is 36.8 Å². The molecule has 2 aliphatic rings. The van der Waals surface area contributed by atoms with Crippen LogP contribution in [0.25, 0.3) is 0 Å². The van der Waals surface area contributed by atoms with Gasteiger partial charge in [0, 0.05) is 13.1 Å². The van der Waals surface area contributed by atoms with Gasteiger partial charge >= 0.3 is 0 Å². The number of carbonyl (C=O) groups excluding carboxylic acids is 1. The molecule has 3 rings (SSSR count). The Morgan fingerprint density at radius 1 is 1.16 bits per heavy atom. The molecule has 3 nitrogen and oxygen atoms in total. The molecular formula is C15H21ClN2O. The second-order valence-electron chi connectivity index (χ2n) is 5.61. The van der Waals surface area contributed by atoms with Gasteiger partial charge in [-0.1, -0.05) is 37.1 Å². The lowest BCUT2D eigenvalue weighted by atomic mass is 9.94. The topological polar surface area (TPSA) is 46.3 Å². The average Bonchev–Trinajstić information content (AvgIpc) is 2.85. The van der Waals surface area contributed by atoms with Crippen LogP contribution >= 0.6 is 12.4 Å². The molecular weight excluding hydrogens is 260 g/mol. The second kappa shape index (κ2) is 5.51. The van der Waals surface area contributed by atoms with Crippen LogP contribution in [0.4, 0.5) is 0 Å². The van der Waals surface area contributed by atoms with Gasteiger partial charge in [-0.05, 0) is 30.4 Å². The van der Waals surface area contributed by atoms with Crippen molar-refractivity contribution in [3.8, 4) is 0 Å². The summed E-state index contributed by atoms with van der Waals surface area (Å²) in [6.07, 6.45) is 4.84. The van der Waals surface area contributed by atoms with E-state index in [1.807, 2.05) is 11.0 Å². The van der Waals surface area contributed by atoms with Gasteiger partial charge in [-0.15, -0.1) is 12.4 Å². The summed E-state index contributed by atoms with van der Waals surface area (Å²) in [5.41, 5.74) is 8.34. The zero-order chi connectivity index (χ0) is 12.6. The van der Waals surface area contributed by atoms with Crippen LogP contribution in [0.5, 0.6) is 0 Å². The minimum Gasteiger partial charge on any atom is -0.336 e. The molecule has 0 atom stereocenters. The summed E-state index contributed by atoms with van der Waals surface area (Å²) in [7, 11) is 0. The van der Waals surface area contributed by atoms with Crippen molar-refractivity contribution in [2.45, 2.75) is 44.2 Å². The molecule has 1 aliphatic heterocycles. The quantitative estimate of drug-likeness (QED) is 0.858. The van der Waals surface area contributed by atoms with Gasteiger partial charge in [-0.3, -0.25) is 4.79 Å². The number of nitrogens with two attached hydrogens (primary N) is 1. The monoisotopic (exact) mass is 280 g/mol. The molecule has 19 heavy (non-hydrogen) atoms. The summed E-state index contributed by atoms with van der Waals surface area (Å²) in [6, 6.07) is 8.38. The second-order valence-corrected chi connectivity index (χ2v) is 5.61. The minimum atomic E-state index is -0.577. The molecule has 1 aliphatic carbocycles. The van der Waals surface area contributed by atoms with Gasteiger partial charge < -0.3 is 10.6 Å². The van der Waals surface area contributed by atoms with Crippen molar-refractivity contribution in [3.63, 3.8) is 0 Å². The zero-order valence-corrected chi connectivity index (χ0v) is 11.9. The van der Waals surface area contributed by atoms with Crippen molar-refractivity contribution in [1.29, 1.82) is 0 Å². The minimum absolute atomic E-state index is 0. The van der Waals surface area contributed by atoms with E-state index in [0.29, 0.717) is 0 Å². The van der Waals surface area contributed by atoms with Gasteiger partial charge in [0.1, 0.15) is 0 Å². The van der Waals surface area contributed by atoms with Crippen LogP contribution in [-0.2, 0) is 17.8 Å². The molecule has 0 spiro atoms. The van der Waals surface area contributed by atoms with E-state index in [0.717, 1.165) is 45.2 Å². The van der Waals surface area contributed by atoms with Crippen LogP contribution in [-0.4, -0.2) is 22.9 Å². The van der Waals surface area contributed by atoms with Gasteiger partial charge in [0.2, 0.25) is 5.91 Å². The van der Waals surface area contributed by atoms with E-state index in [1.165, 1.54) is 11.1 Å². The predicted molar refractivity (Wildman–Crippen MR) is 78.2 cm³/mol. The zero-order valence-electron chi connectivity index (χ0n) is 11.1. The van der Waals surface area contributed by atoms with Crippen molar-refractivity contribution in [1.82, 2.24) is 4.90 Å². The van der Waals surface area contributed by atoms with Crippen molar-refractivity contribution >= 4 is 18.3 Å². The van der Waals surface area contributed by atoms with Crippen LogP contribution in [0.15, 0.2) is 24.3 Å². The summed E-state index contributed by atoms with van der Waals surface area (Å²) < 4.78 is 0. The highest BCUT2D eigenvalue weighted by atomic mass is 35.5. The third kappa shape index (κ3) is 2.63. The first kappa shape index (κ1) is 14.4. The smallest absolute Gasteiger partial charge is 0.242 e. The predicted octanol–water partition coefficient (Wildman–Crippen LogP) is 2.26. The van der Waals surface area contributed by atoms with Gasteiger partial charge in [-0.25, -0.2) is 0 Å². The van der Waals surface area contributed by atoms with E-state index in [2.05, 4.69) is 18.2 Å². The van der Waals surface area contributed by atoms with E-state index in [9.17, 15) is 4.79 Å². The largest absolute Gasteiger partial charge is 0.336 e. The molecule has 1 amide bonds. The van der Waals surface area contributed by atoms with Gasteiger partial charge in [-0.2, -0.15) is 0 Å². The molecule has 1 aromatic carbocycles. The summed E-state index contributed by atoms with van der Waals surface area (Å²) in [5, 5.41) is 0. The number of amides is 1. The summed E-state index contributed by atoms with van der Waals surface area (Å²) >= 11 is 0. The Morgan fingerprint density at radius 2 is 1.79 bits per heavy atom. The number of fused-ring (bicyclic) bond motifs is 1. The molecule has 1 saturated carbocycles. The Kier molecular flexibility index (Phi) is 4.16. The Labute approximate surface area is 120 Å². The fourth-order valence-corrected chi connectivity index (χ4v) is 3.20.